The van der Waals surface area contributed by atoms with Gasteiger partial charge in [0.05, 0.1) is 11.7 Å². The molecule has 106 valence electrons. The number of hydrogen-bond donors (Lipinski definition) is 2. The number of aliphatic hydroxyl groups excluding tert-OH is 1. The number of hydrogen-bond acceptors (Lipinski definition) is 3. The maximum atomic E-state index is 9.27. The Labute approximate surface area is 115 Å². The average molecular weight is 263 g/mol. The molecular formula is C15H25N3O. The minimum absolute atomic E-state index is 0.186. The van der Waals surface area contributed by atoms with Crippen LogP contribution >= 0.6 is 0 Å². The monoisotopic (exact) mass is 263 g/mol. The highest BCUT2D eigenvalue weighted by Gasteiger charge is 2.41. The summed E-state index contributed by atoms with van der Waals surface area (Å²) in [5.41, 5.74) is 1.31. The molecule has 2 saturated carbocycles. The zero-order chi connectivity index (χ0) is 13.1. The van der Waals surface area contributed by atoms with Gasteiger partial charge in [-0.05, 0) is 31.7 Å². The molecule has 4 nitrogen and oxygen atoms in total. The molecule has 4 heteroatoms. The molecule has 2 fully saturated rings. The van der Waals surface area contributed by atoms with Crippen molar-refractivity contribution in [1.82, 2.24) is 15.1 Å². The van der Waals surface area contributed by atoms with E-state index >= 15 is 0 Å². The van der Waals surface area contributed by atoms with Crippen LogP contribution in [-0.2, 0) is 6.54 Å². The van der Waals surface area contributed by atoms with Gasteiger partial charge in [0.1, 0.15) is 0 Å². The molecule has 1 aromatic rings. The van der Waals surface area contributed by atoms with Crippen molar-refractivity contribution in [2.24, 2.45) is 5.41 Å². The van der Waals surface area contributed by atoms with Crippen LogP contribution in [0.3, 0.4) is 0 Å². The molecule has 0 unspecified atom stereocenters. The Morgan fingerprint density at radius 2 is 2.11 bits per heavy atom. The van der Waals surface area contributed by atoms with Crippen LogP contribution in [-0.4, -0.2) is 28.0 Å². The number of nitrogens with one attached hydrogen (secondary N) is 1. The highest BCUT2D eigenvalue weighted by molar-refractivity contribution is 5.01. The van der Waals surface area contributed by atoms with Crippen molar-refractivity contribution in [1.29, 1.82) is 0 Å². The second-order valence-electron chi connectivity index (χ2n) is 6.34. The third kappa shape index (κ3) is 3.18. The second-order valence-corrected chi connectivity index (χ2v) is 6.34. The molecule has 0 amide bonds. The Bertz CT molecular complexity index is 405. The molecule has 0 spiro atoms. The summed E-state index contributed by atoms with van der Waals surface area (Å²) < 4.78 is 2.16. The fraction of sp³-hybridized carbons (Fsp3) is 0.800. The molecule has 0 aromatic carbocycles. The van der Waals surface area contributed by atoms with Gasteiger partial charge in [0.2, 0.25) is 0 Å². The third-order valence-electron chi connectivity index (χ3n) is 4.71. The zero-order valence-corrected chi connectivity index (χ0v) is 11.6. The first kappa shape index (κ1) is 13.1. The summed E-state index contributed by atoms with van der Waals surface area (Å²) in [6.45, 7) is 2.05. The first-order valence-corrected chi connectivity index (χ1v) is 7.67. The van der Waals surface area contributed by atoms with Gasteiger partial charge in [-0.1, -0.05) is 19.3 Å². The van der Waals surface area contributed by atoms with Crippen LogP contribution in [0.4, 0.5) is 0 Å². The molecular weight excluding hydrogens is 238 g/mol. The minimum Gasteiger partial charge on any atom is -0.396 e. The molecule has 19 heavy (non-hydrogen) atoms. The first-order chi connectivity index (χ1) is 9.31. The third-order valence-corrected chi connectivity index (χ3v) is 4.71. The number of nitrogens with zero attached hydrogens (tertiary/aromatic N) is 2. The van der Waals surface area contributed by atoms with E-state index in [-0.39, 0.29) is 5.41 Å². The minimum atomic E-state index is 0.186. The predicted octanol–water partition coefficient (Wildman–Crippen LogP) is 2.25. The SMILES string of the molecule is OCC1(CNCc2ccn(C3CCCCC3)n2)CC1. The van der Waals surface area contributed by atoms with Gasteiger partial charge in [0.15, 0.2) is 0 Å². The van der Waals surface area contributed by atoms with E-state index in [1.807, 2.05) is 0 Å². The second kappa shape index (κ2) is 5.63. The van der Waals surface area contributed by atoms with Gasteiger partial charge in [-0.15, -0.1) is 0 Å². The van der Waals surface area contributed by atoms with Crippen molar-refractivity contribution in [2.45, 2.75) is 57.5 Å². The lowest BCUT2D eigenvalue weighted by molar-refractivity contribution is 0.207. The van der Waals surface area contributed by atoms with E-state index in [1.54, 1.807) is 0 Å². The molecule has 0 atom stereocenters. The van der Waals surface area contributed by atoms with E-state index in [1.165, 1.54) is 32.1 Å². The van der Waals surface area contributed by atoms with Gasteiger partial charge in [-0.2, -0.15) is 5.10 Å². The molecule has 0 aliphatic heterocycles. The molecule has 3 rings (SSSR count). The van der Waals surface area contributed by atoms with Crippen molar-refractivity contribution in [3.8, 4) is 0 Å². The largest absolute Gasteiger partial charge is 0.396 e. The maximum absolute atomic E-state index is 9.27. The van der Waals surface area contributed by atoms with Crippen molar-refractivity contribution in [3.63, 3.8) is 0 Å². The van der Waals surface area contributed by atoms with Gasteiger partial charge < -0.3 is 10.4 Å². The lowest BCUT2D eigenvalue weighted by Crippen LogP contribution is -2.26. The summed E-state index contributed by atoms with van der Waals surface area (Å²) >= 11 is 0. The quantitative estimate of drug-likeness (QED) is 0.827. The van der Waals surface area contributed by atoms with Gasteiger partial charge in [-0.25, -0.2) is 0 Å². The van der Waals surface area contributed by atoms with E-state index in [4.69, 9.17) is 5.10 Å². The fourth-order valence-electron chi connectivity index (χ4n) is 3.04. The summed E-state index contributed by atoms with van der Waals surface area (Å²) in [6, 6.07) is 2.75. The molecule has 0 radical (unpaired) electrons. The Morgan fingerprint density at radius 3 is 2.79 bits per heavy atom. The van der Waals surface area contributed by atoms with E-state index in [9.17, 15) is 5.11 Å². The fourth-order valence-corrected chi connectivity index (χ4v) is 3.04. The zero-order valence-electron chi connectivity index (χ0n) is 11.6. The molecule has 1 heterocycles. The van der Waals surface area contributed by atoms with Gasteiger partial charge in [-0.3, -0.25) is 4.68 Å². The predicted molar refractivity (Wildman–Crippen MR) is 74.8 cm³/mol. The molecule has 1 aromatic heterocycles. The van der Waals surface area contributed by atoms with Crippen LogP contribution in [0.2, 0.25) is 0 Å². The lowest BCUT2D eigenvalue weighted by atomic mass is 9.96. The Morgan fingerprint density at radius 1 is 1.32 bits per heavy atom. The van der Waals surface area contributed by atoms with Crippen molar-refractivity contribution in [2.75, 3.05) is 13.2 Å². The Kier molecular flexibility index (Phi) is 3.89. The van der Waals surface area contributed by atoms with Crippen LogP contribution < -0.4 is 5.32 Å². The van der Waals surface area contributed by atoms with Gasteiger partial charge in [0, 0.05) is 31.3 Å². The van der Waals surface area contributed by atoms with Crippen LogP contribution in [0, 0.1) is 5.41 Å². The highest BCUT2D eigenvalue weighted by Crippen LogP contribution is 2.44. The summed E-state index contributed by atoms with van der Waals surface area (Å²) in [6.07, 6.45) is 11.1. The molecule has 2 aliphatic rings. The first-order valence-electron chi connectivity index (χ1n) is 7.67. The summed E-state index contributed by atoms with van der Waals surface area (Å²) in [7, 11) is 0. The Hall–Kier alpha value is -0.870. The van der Waals surface area contributed by atoms with Crippen molar-refractivity contribution in [3.05, 3.63) is 18.0 Å². The lowest BCUT2D eigenvalue weighted by Gasteiger charge is -2.21. The van der Waals surface area contributed by atoms with E-state index in [2.05, 4.69) is 22.3 Å². The van der Waals surface area contributed by atoms with Gasteiger partial charge >= 0.3 is 0 Å². The van der Waals surface area contributed by atoms with E-state index in [0.717, 1.165) is 31.6 Å². The van der Waals surface area contributed by atoms with Crippen molar-refractivity contribution >= 4 is 0 Å². The maximum Gasteiger partial charge on any atom is 0.0762 e. The highest BCUT2D eigenvalue weighted by atomic mass is 16.3. The molecule has 2 N–H and O–H groups in total. The summed E-state index contributed by atoms with van der Waals surface area (Å²) in [4.78, 5) is 0. The van der Waals surface area contributed by atoms with Crippen LogP contribution in [0.15, 0.2) is 12.3 Å². The molecule has 0 bridgehead atoms. The van der Waals surface area contributed by atoms with E-state index < -0.39 is 0 Å². The molecule has 0 saturated heterocycles. The van der Waals surface area contributed by atoms with Crippen LogP contribution in [0.5, 0.6) is 0 Å². The van der Waals surface area contributed by atoms with Crippen molar-refractivity contribution < 1.29 is 5.11 Å². The Balaban J connectivity index is 1.47. The van der Waals surface area contributed by atoms with Gasteiger partial charge in [0.25, 0.3) is 0 Å². The topological polar surface area (TPSA) is 50.1 Å². The average Bonchev–Trinajstić information content (AvgIpc) is 3.09. The van der Waals surface area contributed by atoms with Crippen LogP contribution in [0.25, 0.3) is 0 Å². The number of rotatable bonds is 6. The summed E-state index contributed by atoms with van der Waals surface area (Å²) in [5.74, 6) is 0. The number of aromatic nitrogens is 2. The summed E-state index contributed by atoms with van der Waals surface area (Å²) in [5, 5.41) is 17.4. The smallest absolute Gasteiger partial charge is 0.0762 e. The normalized spacial score (nSPS) is 22.6. The standard InChI is InChI=1S/C15H25N3O/c19-12-15(7-8-15)11-16-10-13-6-9-18(17-13)14-4-2-1-3-5-14/h6,9,14,16,19H,1-5,7-8,10-12H2. The van der Waals surface area contributed by atoms with Crippen LogP contribution in [0.1, 0.15) is 56.7 Å². The molecule has 2 aliphatic carbocycles. The van der Waals surface area contributed by atoms with E-state index in [0.29, 0.717) is 12.6 Å². The number of aliphatic hydroxyl groups is 1.